The first kappa shape index (κ1) is 17.1. The molecule has 0 spiro atoms. The molecule has 3 fully saturated rings. The third-order valence-corrected chi connectivity index (χ3v) is 5.36. The first-order chi connectivity index (χ1) is 11.3. The largest absolute Gasteiger partial charge is 0.463 e. The molecule has 24 heavy (non-hydrogen) atoms. The van der Waals surface area contributed by atoms with Crippen molar-refractivity contribution in [2.24, 2.45) is 5.92 Å². The molecule has 7 nitrogen and oxygen atoms in total. The summed E-state index contributed by atoms with van der Waals surface area (Å²) in [5, 5.41) is 10.2. The van der Waals surface area contributed by atoms with E-state index in [1.165, 1.54) is 6.08 Å². The number of rotatable bonds is 0. The Balaban J connectivity index is 1.90. The normalized spacial score (nSPS) is 39.9. The van der Waals surface area contributed by atoms with E-state index >= 15 is 0 Å². The van der Waals surface area contributed by atoms with Crippen molar-refractivity contribution in [2.45, 2.75) is 50.9 Å². The van der Waals surface area contributed by atoms with Gasteiger partial charge in [-0.3, -0.25) is 9.69 Å². The van der Waals surface area contributed by atoms with Gasteiger partial charge in [0.2, 0.25) is 5.60 Å². The number of esters is 2. The van der Waals surface area contributed by atoms with Crippen LogP contribution in [0.2, 0.25) is 0 Å². The van der Waals surface area contributed by atoms with Gasteiger partial charge in [0.15, 0.2) is 5.78 Å². The maximum atomic E-state index is 12.4. The van der Waals surface area contributed by atoms with Gasteiger partial charge in [0.1, 0.15) is 6.10 Å². The number of cyclic esters (lactones) is 1. The summed E-state index contributed by atoms with van der Waals surface area (Å²) >= 11 is 0. The Morgan fingerprint density at radius 2 is 1.96 bits per heavy atom. The van der Waals surface area contributed by atoms with Crippen molar-refractivity contribution in [3.05, 3.63) is 11.6 Å². The maximum absolute atomic E-state index is 12.4. The second-order valence-electron chi connectivity index (χ2n) is 6.89. The summed E-state index contributed by atoms with van der Waals surface area (Å²) in [5.41, 5.74) is -2.11. The molecule has 0 aromatic rings. The van der Waals surface area contributed by atoms with Crippen LogP contribution in [0.5, 0.6) is 0 Å². The van der Waals surface area contributed by atoms with E-state index in [0.717, 1.165) is 32.9 Å². The fraction of sp³-hybridized carbons (Fsp3) is 0.706. The molecule has 0 saturated carbocycles. The van der Waals surface area contributed by atoms with Gasteiger partial charge in [-0.15, -0.1) is 0 Å². The Morgan fingerprint density at radius 1 is 1.25 bits per heavy atom. The van der Waals surface area contributed by atoms with Gasteiger partial charge in [-0.1, -0.05) is 6.08 Å². The molecule has 132 valence electrons. The number of aliphatic hydroxyl groups is 1. The van der Waals surface area contributed by atoms with E-state index in [9.17, 15) is 19.5 Å². The molecule has 0 aromatic carbocycles. The molecule has 3 aliphatic heterocycles. The van der Waals surface area contributed by atoms with Crippen LogP contribution in [0.1, 0.15) is 33.1 Å². The van der Waals surface area contributed by atoms with E-state index in [4.69, 9.17) is 9.47 Å². The zero-order valence-electron chi connectivity index (χ0n) is 14.0. The quantitative estimate of drug-likeness (QED) is 0.383. The first-order valence-electron chi connectivity index (χ1n) is 8.37. The van der Waals surface area contributed by atoms with Crippen LogP contribution in [0, 0.1) is 5.92 Å². The summed E-state index contributed by atoms with van der Waals surface area (Å²) in [6, 6.07) is 0.0277. The van der Waals surface area contributed by atoms with Gasteiger partial charge < -0.3 is 14.6 Å². The molecule has 0 bridgehead atoms. The van der Waals surface area contributed by atoms with Crippen LogP contribution in [0.3, 0.4) is 0 Å². The molecule has 0 radical (unpaired) electrons. The van der Waals surface area contributed by atoms with Gasteiger partial charge in [0.05, 0.1) is 12.6 Å². The van der Waals surface area contributed by atoms with Crippen LogP contribution in [0.15, 0.2) is 11.6 Å². The minimum atomic E-state index is -2.26. The lowest BCUT2D eigenvalue weighted by atomic mass is 9.93. The highest BCUT2D eigenvalue weighted by Crippen LogP contribution is 2.36. The number of allylic oxidation sites excluding steroid dienone is 1. The third kappa shape index (κ3) is 2.86. The summed E-state index contributed by atoms with van der Waals surface area (Å²) in [5.74, 6) is -2.24. The summed E-state index contributed by atoms with van der Waals surface area (Å²) < 4.78 is 10.9. The van der Waals surface area contributed by atoms with Gasteiger partial charge in [-0.2, -0.15) is 0 Å². The summed E-state index contributed by atoms with van der Waals surface area (Å²) in [6.45, 7) is 4.57. The predicted molar refractivity (Wildman–Crippen MR) is 82.9 cm³/mol. The van der Waals surface area contributed by atoms with E-state index in [1.807, 2.05) is 0 Å². The van der Waals surface area contributed by atoms with Crippen molar-refractivity contribution >= 4 is 17.7 Å². The van der Waals surface area contributed by atoms with Gasteiger partial charge in [-0.05, 0) is 33.2 Å². The minimum Gasteiger partial charge on any atom is -0.463 e. The van der Waals surface area contributed by atoms with Crippen LogP contribution in [-0.2, 0) is 23.9 Å². The summed E-state index contributed by atoms with van der Waals surface area (Å²) in [7, 11) is 0. The molecule has 3 heterocycles. The highest BCUT2D eigenvalue weighted by Gasteiger charge is 2.48. The van der Waals surface area contributed by atoms with Crippen molar-refractivity contribution in [2.75, 3.05) is 19.7 Å². The minimum absolute atomic E-state index is 0.0277. The second kappa shape index (κ2) is 6.29. The van der Waals surface area contributed by atoms with Crippen LogP contribution in [0.4, 0.5) is 0 Å². The van der Waals surface area contributed by atoms with Crippen molar-refractivity contribution in [3.63, 3.8) is 0 Å². The van der Waals surface area contributed by atoms with Crippen LogP contribution < -0.4 is 0 Å². The van der Waals surface area contributed by atoms with E-state index in [2.05, 4.69) is 4.90 Å². The fourth-order valence-corrected chi connectivity index (χ4v) is 3.81. The monoisotopic (exact) mass is 337 g/mol. The zero-order chi connectivity index (χ0) is 17.5. The number of carbonyl (C=O) groups is 3. The van der Waals surface area contributed by atoms with Crippen molar-refractivity contribution in [3.8, 4) is 0 Å². The predicted octanol–water partition coefficient (Wildman–Crippen LogP) is 0.206. The standard InChI is InChI=1S/C17H23NO6/c1-3-10-8-13(19)17(2,22)16(21)23-9-11-4-6-18-7-5-12(14(11)18)24-15(10)20/h3,11-12,14,22H,4-9H2,1-2H3. The molecular formula is C17H23NO6. The highest BCUT2D eigenvalue weighted by atomic mass is 16.6. The lowest BCUT2D eigenvalue weighted by Gasteiger charge is -2.28. The molecule has 0 amide bonds. The molecular weight excluding hydrogens is 314 g/mol. The van der Waals surface area contributed by atoms with E-state index in [0.29, 0.717) is 0 Å². The number of hydrogen-bond acceptors (Lipinski definition) is 7. The molecule has 7 heteroatoms. The number of hydrogen-bond donors (Lipinski definition) is 1. The molecule has 3 saturated heterocycles. The Morgan fingerprint density at radius 3 is 2.67 bits per heavy atom. The molecule has 3 rings (SSSR count). The number of Topliss-reactive ketones (excluding diaryl/α,β-unsaturated/α-hetero) is 1. The smallest absolute Gasteiger partial charge is 0.345 e. The van der Waals surface area contributed by atoms with Gasteiger partial charge in [0, 0.05) is 24.5 Å². The van der Waals surface area contributed by atoms with Gasteiger partial charge >= 0.3 is 11.9 Å². The van der Waals surface area contributed by atoms with Gasteiger partial charge in [-0.25, -0.2) is 9.59 Å². The highest BCUT2D eigenvalue weighted by molar-refractivity contribution is 6.09. The molecule has 0 aromatic heterocycles. The van der Waals surface area contributed by atoms with Crippen LogP contribution in [0.25, 0.3) is 0 Å². The number of carbonyl (C=O) groups excluding carboxylic acids is 3. The lowest BCUT2D eigenvalue weighted by molar-refractivity contribution is -0.171. The van der Waals surface area contributed by atoms with Crippen molar-refractivity contribution in [1.82, 2.24) is 4.90 Å². The molecule has 4 unspecified atom stereocenters. The Hall–Kier alpha value is -1.73. The van der Waals surface area contributed by atoms with E-state index in [1.54, 1.807) is 6.92 Å². The lowest BCUT2D eigenvalue weighted by Crippen LogP contribution is -2.47. The summed E-state index contributed by atoms with van der Waals surface area (Å²) in [4.78, 5) is 39.1. The third-order valence-electron chi connectivity index (χ3n) is 5.36. The van der Waals surface area contributed by atoms with Gasteiger partial charge in [0.25, 0.3) is 0 Å². The average molecular weight is 337 g/mol. The second-order valence-corrected chi connectivity index (χ2v) is 6.89. The number of ketones is 1. The Kier molecular flexibility index (Phi) is 4.48. The molecule has 4 atom stereocenters. The molecule has 0 aliphatic carbocycles. The van der Waals surface area contributed by atoms with Crippen molar-refractivity contribution < 1.29 is 29.0 Å². The zero-order valence-corrected chi connectivity index (χ0v) is 14.0. The molecule has 3 aliphatic rings. The molecule has 1 N–H and O–H groups in total. The SMILES string of the molecule is CC=C1CC(=O)C(C)(O)C(=O)OCC2CCN3CCC(OC1=O)C23. The topological polar surface area (TPSA) is 93.1 Å². The Bertz CT molecular complexity index is 596. The fourth-order valence-electron chi connectivity index (χ4n) is 3.81. The van der Waals surface area contributed by atoms with Crippen LogP contribution in [-0.4, -0.2) is 65.2 Å². The summed E-state index contributed by atoms with van der Waals surface area (Å²) in [6.07, 6.45) is 2.45. The van der Waals surface area contributed by atoms with E-state index in [-0.39, 0.29) is 36.7 Å². The number of ether oxygens (including phenoxy) is 2. The average Bonchev–Trinajstić information content (AvgIpc) is 3.12. The van der Waals surface area contributed by atoms with E-state index < -0.39 is 23.3 Å². The Labute approximate surface area is 140 Å². The maximum Gasteiger partial charge on any atom is 0.345 e. The van der Waals surface area contributed by atoms with Crippen LogP contribution >= 0.6 is 0 Å². The first-order valence-corrected chi connectivity index (χ1v) is 8.37. The number of nitrogens with zero attached hydrogens (tertiary/aromatic N) is 1. The van der Waals surface area contributed by atoms with Crippen molar-refractivity contribution in [1.29, 1.82) is 0 Å².